The average Bonchev–Trinajstić information content (AvgIpc) is 3.41. The van der Waals surface area contributed by atoms with Crippen molar-refractivity contribution in [2.75, 3.05) is 18.9 Å². The van der Waals surface area contributed by atoms with Crippen molar-refractivity contribution in [3.8, 4) is 0 Å². The van der Waals surface area contributed by atoms with Gasteiger partial charge < -0.3 is 51.0 Å². The molecule has 2 aromatic heterocycles. The van der Waals surface area contributed by atoms with Crippen LogP contribution in [0.15, 0.2) is 11.1 Å². The van der Waals surface area contributed by atoms with Gasteiger partial charge in [0, 0.05) is 9.13 Å². The van der Waals surface area contributed by atoms with Crippen molar-refractivity contribution in [1.29, 1.82) is 0 Å². The number of aliphatic hydroxyl groups is 7. The molecule has 1 aliphatic heterocycles. The Balaban J connectivity index is 0.000000358. The third kappa shape index (κ3) is 7.80. The molecule has 0 aliphatic carbocycles. The Morgan fingerprint density at radius 1 is 1.21 bits per heavy atom. The molecule has 3 heterocycles. The van der Waals surface area contributed by atoms with E-state index in [0.29, 0.717) is 0 Å². The fourth-order valence-electron chi connectivity index (χ4n) is 3.06. The Morgan fingerprint density at radius 3 is 2.45 bits per heavy atom. The molecular weight excluding hydrogens is 564 g/mol. The topological polar surface area (TPSA) is 330 Å². The normalized spacial score (nSPS) is 25.2. The number of carbonyl (C=O) groups excluding carboxylic acids is 1. The van der Waals surface area contributed by atoms with Crippen molar-refractivity contribution < 1.29 is 68.1 Å². The van der Waals surface area contributed by atoms with Crippen LogP contribution in [0.4, 0.5) is 5.95 Å². The molecule has 0 spiro atoms. The van der Waals surface area contributed by atoms with Crippen molar-refractivity contribution in [2.24, 2.45) is 0 Å². The molecule has 0 amide bonds. The van der Waals surface area contributed by atoms with E-state index in [1.54, 1.807) is 0 Å². The molecule has 0 bridgehead atoms. The second kappa shape index (κ2) is 14.1. The van der Waals surface area contributed by atoms with Gasteiger partial charge in [0.25, 0.3) is 5.56 Å². The molecular formula is C16H25N5O15P2+2. The molecule has 0 radical (unpaired) electrons. The van der Waals surface area contributed by atoms with E-state index in [1.807, 2.05) is 0 Å². The molecule has 212 valence electrons. The number of fused-ring (bicyclic) bond motifs is 1. The summed E-state index contributed by atoms with van der Waals surface area (Å²) in [6.07, 6.45) is -10.9. The monoisotopic (exact) mass is 589 g/mol. The number of rotatable bonds is 11. The van der Waals surface area contributed by atoms with E-state index in [4.69, 9.17) is 40.9 Å². The Kier molecular flexibility index (Phi) is 11.8. The number of hydrogen-bond donors (Lipinski definition) is 10. The second-order valence-corrected chi connectivity index (χ2v) is 9.35. The smallest absolute Gasteiger partial charge is 0.394 e. The van der Waals surface area contributed by atoms with Gasteiger partial charge in [0.1, 0.15) is 49.3 Å². The third-order valence-electron chi connectivity index (χ3n) is 4.96. The number of aldehydes is 1. The van der Waals surface area contributed by atoms with Gasteiger partial charge in [-0.05, 0) is 0 Å². The molecule has 0 aromatic carbocycles. The van der Waals surface area contributed by atoms with E-state index in [1.165, 1.54) is 10.9 Å². The zero-order valence-corrected chi connectivity index (χ0v) is 20.7. The molecule has 1 aliphatic rings. The van der Waals surface area contributed by atoms with Crippen LogP contribution in [0.1, 0.15) is 6.23 Å². The van der Waals surface area contributed by atoms with Crippen molar-refractivity contribution in [3.05, 3.63) is 16.7 Å². The lowest BCUT2D eigenvalue weighted by Crippen LogP contribution is -2.46. The van der Waals surface area contributed by atoms with Gasteiger partial charge in [0.15, 0.2) is 28.0 Å². The van der Waals surface area contributed by atoms with E-state index in [0.717, 1.165) is 0 Å². The number of aromatic amines is 1. The van der Waals surface area contributed by atoms with E-state index in [2.05, 4.69) is 23.8 Å². The zero-order valence-electron chi connectivity index (χ0n) is 18.9. The van der Waals surface area contributed by atoms with Gasteiger partial charge >= 0.3 is 16.5 Å². The number of aromatic nitrogens is 4. The standard InChI is InChI=1S/C10H11N5O9P2.C6H12O6/c11-10-13-7-4(8(18)14-10)12-2-15(7)9-6(17)5(16)3(23-9)1-22-26(21)24-25(19)20;7-1-3(9)5(11)6(12)4(10)2-8/h2-3,5-6,9,16-17H,1H2,(H2-2,11,13,14,18,19,20);1,3-6,8-12H,2H2/p+2/t3-,5-,6-,9-;/m1./s1. The summed E-state index contributed by atoms with van der Waals surface area (Å²) < 4.78 is 37.0. The Labute approximate surface area is 212 Å². The van der Waals surface area contributed by atoms with Crippen LogP contribution in [0.3, 0.4) is 0 Å². The van der Waals surface area contributed by atoms with Crippen LogP contribution in [-0.2, 0) is 27.5 Å². The Morgan fingerprint density at radius 2 is 1.87 bits per heavy atom. The van der Waals surface area contributed by atoms with Gasteiger partial charge in [0.2, 0.25) is 5.95 Å². The van der Waals surface area contributed by atoms with E-state index < -0.39 is 84.2 Å². The molecule has 3 rings (SSSR count). The van der Waals surface area contributed by atoms with Crippen LogP contribution < -0.4 is 11.3 Å². The van der Waals surface area contributed by atoms with E-state index in [-0.39, 0.29) is 23.4 Å². The van der Waals surface area contributed by atoms with Crippen molar-refractivity contribution in [2.45, 2.75) is 49.0 Å². The summed E-state index contributed by atoms with van der Waals surface area (Å²) in [5.41, 5.74) is 4.87. The summed E-state index contributed by atoms with van der Waals surface area (Å²) in [6, 6.07) is 0. The van der Waals surface area contributed by atoms with Crippen LogP contribution in [0.2, 0.25) is 0 Å². The van der Waals surface area contributed by atoms with Gasteiger partial charge in [-0.2, -0.15) is 4.98 Å². The molecule has 1 fully saturated rings. The van der Waals surface area contributed by atoms with Gasteiger partial charge in [-0.25, -0.2) is 4.98 Å². The number of anilines is 1. The minimum atomic E-state index is -3.12. The Hall–Kier alpha value is -2.42. The first-order chi connectivity index (χ1) is 17.8. The number of nitrogens with two attached hydrogens (primary N) is 1. The van der Waals surface area contributed by atoms with Gasteiger partial charge in [-0.15, -0.1) is 9.42 Å². The fourth-order valence-corrected chi connectivity index (χ4v) is 3.97. The lowest BCUT2D eigenvalue weighted by Gasteiger charge is -2.22. The predicted molar refractivity (Wildman–Crippen MR) is 120 cm³/mol. The van der Waals surface area contributed by atoms with E-state index >= 15 is 0 Å². The summed E-state index contributed by atoms with van der Waals surface area (Å²) in [5.74, 6) is -0.176. The highest BCUT2D eigenvalue weighted by molar-refractivity contribution is 7.47. The summed E-state index contributed by atoms with van der Waals surface area (Å²) in [4.78, 5) is 40.2. The molecule has 20 nitrogen and oxygen atoms in total. The first kappa shape index (κ1) is 31.8. The predicted octanol–water partition coefficient (Wildman–Crippen LogP) is -4.72. The first-order valence-corrected chi connectivity index (χ1v) is 12.5. The first-order valence-electron chi connectivity index (χ1n) is 10.3. The van der Waals surface area contributed by atoms with E-state index in [9.17, 15) is 28.9 Å². The molecule has 2 aromatic rings. The van der Waals surface area contributed by atoms with Crippen LogP contribution in [0, 0.1) is 0 Å². The Bertz CT molecular complexity index is 1180. The minimum Gasteiger partial charge on any atom is -0.394 e. The summed E-state index contributed by atoms with van der Waals surface area (Å²) in [7, 11) is -6.04. The van der Waals surface area contributed by atoms with Crippen LogP contribution in [-0.4, -0.2) is 122 Å². The number of nitrogens with one attached hydrogen (secondary N) is 1. The van der Waals surface area contributed by atoms with Gasteiger partial charge in [-0.3, -0.25) is 14.3 Å². The SMILES string of the molecule is Nc1nc2c(ncn2[C@@H]2O[C@H](CO[P+](=O)O[P+](=O)O)[C@@H](O)[C@H]2O)c(=O)[nH]1.O=CC(O)C(O)C(O)C(O)CO. The van der Waals surface area contributed by atoms with Gasteiger partial charge in [-0.1, -0.05) is 0 Å². The number of ether oxygens (including phenoxy) is 1. The number of nitrogen functional groups attached to an aromatic ring is 1. The maximum Gasteiger partial charge on any atom is 0.747 e. The lowest BCUT2D eigenvalue weighted by molar-refractivity contribution is -0.136. The lowest BCUT2D eigenvalue weighted by atomic mass is 10.0. The number of imidazole rings is 1. The quantitative estimate of drug-likeness (QED) is 0.0868. The molecule has 38 heavy (non-hydrogen) atoms. The second-order valence-electron chi connectivity index (χ2n) is 7.52. The number of H-pyrrole nitrogens is 1. The molecule has 11 N–H and O–H groups in total. The largest absolute Gasteiger partial charge is 0.747 e. The molecule has 22 heteroatoms. The maximum absolute atomic E-state index is 11.8. The van der Waals surface area contributed by atoms with Crippen LogP contribution in [0.25, 0.3) is 11.2 Å². The van der Waals surface area contributed by atoms with Crippen molar-refractivity contribution >= 4 is 39.9 Å². The van der Waals surface area contributed by atoms with Crippen molar-refractivity contribution in [3.63, 3.8) is 0 Å². The maximum atomic E-state index is 11.8. The van der Waals surface area contributed by atoms with Crippen LogP contribution >= 0.6 is 16.5 Å². The highest BCUT2D eigenvalue weighted by Gasteiger charge is 2.47. The molecule has 0 saturated carbocycles. The fraction of sp³-hybridized carbons (Fsp3) is 0.625. The number of hydrogen-bond acceptors (Lipinski definition) is 17. The summed E-state index contributed by atoms with van der Waals surface area (Å²) >= 11 is 0. The number of aliphatic hydroxyl groups excluding tert-OH is 7. The molecule has 1 saturated heterocycles. The van der Waals surface area contributed by atoms with Crippen LogP contribution in [0.5, 0.6) is 0 Å². The molecule has 10 atom stereocenters. The zero-order chi connectivity index (χ0) is 28.7. The van der Waals surface area contributed by atoms with Crippen molar-refractivity contribution in [1.82, 2.24) is 19.5 Å². The minimum absolute atomic E-state index is 0.0238. The van der Waals surface area contributed by atoms with Gasteiger partial charge in [0.05, 0.1) is 12.9 Å². The summed E-state index contributed by atoms with van der Waals surface area (Å²) in [5, 5.41) is 63.8. The highest BCUT2D eigenvalue weighted by atomic mass is 31.2. The average molecular weight is 589 g/mol. The molecule has 6 unspecified atom stereocenters. The third-order valence-corrected chi connectivity index (χ3v) is 6.42. The highest BCUT2D eigenvalue weighted by Crippen LogP contribution is 2.38. The number of nitrogens with zero attached hydrogens (tertiary/aromatic N) is 3. The summed E-state index contributed by atoms with van der Waals surface area (Å²) in [6.45, 7) is -1.26. The number of carbonyl (C=O) groups is 1.